The molecule has 1 aliphatic rings. The van der Waals surface area contributed by atoms with Crippen LogP contribution in [0.3, 0.4) is 0 Å². The second kappa shape index (κ2) is 7.33. The summed E-state index contributed by atoms with van der Waals surface area (Å²) in [6.45, 7) is 0. The van der Waals surface area contributed by atoms with Crippen LogP contribution in [-0.4, -0.2) is 16.8 Å². The van der Waals surface area contributed by atoms with E-state index in [4.69, 9.17) is 11.6 Å². The van der Waals surface area contributed by atoms with Gasteiger partial charge < -0.3 is 5.11 Å². The minimum absolute atomic E-state index is 0.0578. The first-order valence-electron chi connectivity index (χ1n) is 8.75. The first kappa shape index (κ1) is 18.0. The Morgan fingerprint density at radius 2 is 1.50 bits per heavy atom. The molecular weight excluding hydrogens is 374 g/mol. The van der Waals surface area contributed by atoms with Crippen LogP contribution >= 0.6 is 11.6 Å². The van der Waals surface area contributed by atoms with E-state index in [9.17, 15) is 14.7 Å². The van der Waals surface area contributed by atoms with Crippen LogP contribution in [0.15, 0.2) is 90.5 Å². The minimum Gasteiger partial charge on any atom is -0.507 e. The van der Waals surface area contributed by atoms with Crippen molar-refractivity contribution in [3.8, 4) is 0 Å². The van der Waals surface area contributed by atoms with Gasteiger partial charge in [-0.3, -0.25) is 14.5 Å². The van der Waals surface area contributed by atoms with E-state index in [1.54, 1.807) is 48.5 Å². The third kappa shape index (κ3) is 3.08. The molecule has 0 saturated carbocycles. The number of rotatable bonds is 3. The SMILES string of the molecule is O=C1C(=O)N(c2cccc(Cl)c2)C(c2ccccc2)C1=C(O)c1ccccc1. The first-order valence-corrected chi connectivity index (χ1v) is 9.12. The van der Waals surface area contributed by atoms with E-state index in [1.165, 1.54) is 4.90 Å². The smallest absolute Gasteiger partial charge is 0.300 e. The maximum atomic E-state index is 12.9. The maximum absolute atomic E-state index is 12.9. The average molecular weight is 390 g/mol. The van der Waals surface area contributed by atoms with Gasteiger partial charge in [0.1, 0.15) is 5.76 Å². The Bertz CT molecular complexity index is 1080. The average Bonchev–Trinajstić information content (AvgIpc) is 3.00. The van der Waals surface area contributed by atoms with E-state index < -0.39 is 17.7 Å². The van der Waals surface area contributed by atoms with Crippen molar-refractivity contribution in [2.24, 2.45) is 0 Å². The highest BCUT2D eigenvalue weighted by Crippen LogP contribution is 2.42. The van der Waals surface area contributed by atoms with Gasteiger partial charge in [-0.1, -0.05) is 78.3 Å². The summed E-state index contributed by atoms with van der Waals surface area (Å²) in [5, 5.41) is 11.4. The number of anilines is 1. The van der Waals surface area contributed by atoms with Gasteiger partial charge >= 0.3 is 0 Å². The van der Waals surface area contributed by atoms with Gasteiger partial charge in [0.15, 0.2) is 0 Å². The summed E-state index contributed by atoms with van der Waals surface area (Å²) in [7, 11) is 0. The molecule has 4 nitrogen and oxygen atoms in total. The Balaban J connectivity index is 1.95. The first-order chi connectivity index (χ1) is 13.6. The second-order valence-electron chi connectivity index (χ2n) is 6.43. The summed E-state index contributed by atoms with van der Waals surface area (Å²) in [6.07, 6.45) is 0. The van der Waals surface area contributed by atoms with Gasteiger partial charge in [0.05, 0.1) is 11.6 Å². The third-order valence-electron chi connectivity index (χ3n) is 4.69. The van der Waals surface area contributed by atoms with Crippen molar-refractivity contribution >= 4 is 34.7 Å². The quantitative estimate of drug-likeness (QED) is 0.391. The molecule has 0 radical (unpaired) electrons. The molecule has 0 bridgehead atoms. The molecule has 4 rings (SSSR count). The van der Waals surface area contributed by atoms with Crippen LogP contribution in [0.5, 0.6) is 0 Å². The van der Waals surface area contributed by atoms with E-state index in [2.05, 4.69) is 0 Å². The van der Waals surface area contributed by atoms with Gasteiger partial charge in [0.2, 0.25) is 0 Å². The number of aliphatic hydroxyl groups excluding tert-OH is 1. The van der Waals surface area contributed by atoms with Gasteiger partial charge in [-0.2, -0.15) is 0 Å². The fourth-order valence-electron chi connectivity index (χ4n) is 3.43. The monoisotopic (exact) mass is 389 g/mol. The Morgan fingerprint density at radius 3 is 2.14 bits per heavy atom. The van der Waals surface area contributed by atoms with Crippen LogP contribution in [0.1, 0.15) is 17.2 Å². The molecule has 138 valence electrons. The Hall–Kier alpha value is -3.37. The van der Waals surface area contributed by atoms with Gasteiger partial charge in [-0.25, -0.2) is 0 Å². The molecular formula is C23H16ClNO3. The normalized spacial score (nSPS) is 18.5. The molecule has 1 atom stereocenters. The number of ketones is 1. The van der Waals surface area contributed by atoms with Gasteiger partial charge in [0, 0.05) is 16.3 Å². The summed E-state index contributed by atoms with van der Waals surface area (Å²) in [5.41, 5.74) is 1.75. The molecule has 1 amide bonds. The van der Waals surface area contributed by atoms with Crippen molar-refractivity contribution in [1.82, 2.24) is 0 Å². The van der Waals surface area contributed by atoms with E-state index in [-0.39, 0.29) is 11.3 Å². The van der Waals surface area contributed by atoms with Crippen LogP contribution in [0.4, 0.5) is 5.69 Å². The topological polar surface area (TPSA) is 57.6 Å². The summed E-state index contributed by atoms with van der Waals surface area (Å²) < 4.78 is 0. The van der Waals surface area contributed by atoms with Crippen molar-refractivity contribution in [3.63, 3.8) is 0 Å². The largest absolute Gasteiger partial charge is 0.507 e. The number of hydrogen-bond donors (Lipinski definition) is 1. The fraction of sp³-hybridized carbons (Fsp3) is 0.0435. The number of Topliss-reactive ketones (excluding diaryl/α,β-unsaturated/α-hetero) is 1. The van der Waals surface area contributed by atoms with Gasteiger partial charge in [-0.05, 0) is 23.8 Å². The zero-order valence-corrected chi connectivity index (χ0v) is 15.5. The fourth-order valence-corrected chi connectivity index (χ4v) is 3.61. The molecule has 3 aromatic rings. The number of benzene rings is 3. The number of carbonyl (C=O) groups is 2. The summed E-state index contributed by atoms with van der Waals surface area (Å²) in [4.78, 5) is 27.3. The van der Waals surface area contributed by atoms with Crippen LogP contribution in [0.2, 0.25) is 5.02 Å². The molecule has 28 heavy (non-hydrogen) atoms. The van der Waals surface area contributed by atoms with Crippen molar-refractivity contribution < 1.29 is 14.7 Å². The number of halogens is 1. The lowest BCUT2D eigenvalue weighted by molar-refractivity contribution is -0.132. The number of amides is 1. The number of hydrogen-bond acceptors (Lipinski definition) is 3. The highest BCUT2D eigenvalue weighted by Gasteiger charge is 2.46. The number of aliphatic hydroxyl groups is 1. The zero-order valence-electron chi connectivity index (χ0n) is 14.7. The van der Waals surface area contributed by atoms with Gasteiger partial charge in [-0.15, -0.1) is 0 Å². The molecule has 1 saturated heterocycles. The molecule has 0 aromatic heterocycles. The van der Waals surface area contributed by atoms with Crippen molar-refractivity contribution in [3.05, 3.63) is 107 Å². The van der Waals surface area contributed by atoms with Gasteiger partial charge in [0.25, 0.3) is 11.7 Å². The summed E-state index contributed by atoms with van der Waals surface area (Å²) >= 11 is 6.11. The van der Waals surface area contributed by atoms with E-state index in [0.29, 0.717) is 16.3 Å². The minimum atomic E-state index is -0.750. The third-order valence-corrected chi connectivity index (χ3v) is 4.93. The Morgan fingerprint density at radius 1 is 0.857 bits per heavy atom. The lowest BCUT2D eigenvalue weighted by Gasteiger charge is -2.25. The standard InChI is InChI=1S/C23H16ClNO3/c24-17-12-7-13-18(14-17)25-20(15-8-3-1-4-9-15)19(22(27)23(25)28)21(26)16-10-5-2-6-11-16/h1-14,20,26H. The molecule has 1 fully saturated rings. The molecule has 0 spiro atoms. The van der Waals surface area contributed by atoms with E-state index >= 15 is 0 Å². The van der Waals surface area contributed by atoms with Crippen molar-refractivity contribution in [1.29, 1.82) is 0 Å². The van der Waals surface area contributed by atoms with Crippen molar-refractivity contribution in [2.75, 3.05) is 4.90 Å². The highest BCUT2D eigenvalue weighted by atomic mass is 35.5. The lowest BCUT2D eigenvalue weighted by atomic mass is 9.95. The zero-order chi connectivity index (χ0) is 19.7. The van der Waals surface area contributed by atoms with Crippen molar-refractivity contribution in [2.45, 2.75) is 6.04 Å². The summed E-state index contributed by atoms with van der Waals surface area (Å²) in [6, 6.07) is 23.9. The molecule has 0 aliphatic carbocycles. The molecule has 1 N–H and O–H groups in total. The van der Waals surface area contributed by atoms with Crippen LogP contribution < -0.4 is 4.90 Å². The molecule has 5 heteroatoms. The Kier molecular flexibility index (Phi) is 4.72. The maximum Gasteiger partial charge on any atom is 0.300 e. The highest BCUT2D eigenvalue weighted by molar-refractivity contribution is 6.51. The van der Waals surface area contributed by atoms with E-state index in [0.717, 1.165) is 5.56 Å². The van der Waals surface area contributed by atoms with Crippen LogP contribution in [0.25, 0.3) is 5.76 Å². The van der Waals surface area contributed by atoms with E-state index in [1.807, 2.05) is 36.4 Å². The molecule has 1 aliphatic heterocycles. The predicted octanol–water partition coefficient (Wildman–Crippen LogP) is 4.97. The van der Waals surface area contributed by atoms with Crippen LogP contribution in [-0.2, 0) is 9.59 Å². The predicted molar refractivity (Wildman–Crippen MR) is 109 cm³/mol. The second-order valence-corrected chi connectivity index (χ2v) is 6.86. The van der Waals surface area contributed by atoms with Crippen LogP contribution in [0, 0.1) is 0 Å². The number of carbonyl (C=O) groups excluding carboxylic acids is 2. The molecule has 1 heterocycles. The molecule has 3 aromatic carbocycles. The number of nitrogens with zero attached hydrogens (tertiary/aromatic N) is 1. The molecule has 1 unspecified atom stereocenters. The lowest BCUT2D eigenvalue weighted by Crippen LogP contribution is -2.29. The summed E-state index contributed by atoms with van der Waals surface area (Å²) in [5.74, 6) is -1.62. The Labute approximate surface area is 167 Å².